The molecule has 24 heavy (non-hydrogen) atoms. The average Bonchev–Trinajstić information content (AvgIpc) is 2.62. The van der Waals surface area contributed by atoms with Crippen molar-refractivity contribution in [3.05, 3.63) is 117 Å². The van der Waals surface area contributed by atoms with Gasteiger partial charge >= 0.3 is 0 Å². The molecule has 0 unspecified atom stereocenters. The number of benzene rings is 2. The molecule has 0 saturated carbocycles. The zero-order valence-corrected chi connectivity index (χ0v) is 13.8. The summed E-state index contributed by atoms with van der Waals surface area (Å²) in [5.41, 5.74) is 11.9. The Kier molecular flexibility index (Phi) is 3.16. The van der Waals surface area contributed by atoms with E-state index in [1.807, 2.05) is 0 Å². The molecule has 3 aliphatic rings. The zero-order chi connectivity index (χ0) is 15.9. The van der Waals surface area contributed by atoms with Gasteiger partial charge in [-0.05, 0) is 70.2 Å². The summed E-state index contributed by atoms with van der Waals surface area (Å²) in [6.45, 7) is 0. The number of rotatable bonds is 0. The lowest BCUT2D eigenvalue weighted by atomic mass is 9.81. The fourth-order valence-corrected chi connectivity index (χ4v) is 4.15. The molecule has 3 aliphatic carbocycles. The van der Waals surface area contributed by atoms with Gasteiger partial charge in [0.05, 0.1) is 0 Å². The van der Waals surface area contributed by atoms with Gasteiger partial charge in [0.25, 0.3) is 0 Å². The van der Waals surface area contributed by atoms with E-state index in [1.54, 1.807) is 0 Å². The Bertz CT molecular complexity index is 794. The van der Waals surface area contributed by atoms with Gasteiger partial charge in [0.2, 0.25) is 0 Å². The Hall–Kier alpha value is -2.60. The van der Waals surface area contributed by atoms with Crippen LogP contribution in [-0.2, 0) is 25.7 Å². The molecule has 0 radical (unpaired) electrons. The quantitative estimate of drug-likeness (QED) is 0.619. The van der Waals surface area contributed by atoms with Crippen molar-refractivity contribution >= 4 is 0 Å². The highest BCUT2D eigenvalue weighted by Crippen LogP contribution is 2.33. The molecule has 2 aromatic carbocycles. The van der Waals surface area contributed by atoms with Gasteiger partial charge in [-0.2, -0.15) is 0 Å². The molecule has 0 aromatic heterocycles. The van der Waals surface area contributed by atoms with Crippen molar-refractivity contribution in [3.63, 3.8) is 0 Å². The van der Waals surface area contributed by atoms with E-state index >= 15 is 0 Å². The minimum atomic E-state index is 1.06. The highest BCUT2D eigenvalue weighted by Gasteiger charge is 2.19. The Morgan fingerprint density at radius 3 is 0.875 bits per heavy atom. The predicted molar refractivity (Wildman–Crippen MR) is 100 cm³/mol. The minimum absolute atomic E-state index is 1.06. The summed E-state index contributed by atoms with van der Waals surface area (Å²) >= 11 is 0. The van der Waals surface area contributed by atoms with Crippen molar-refractivity contribution in [3.8, 4) is 0 Å². The van der Waals surface area contributed by atoms with Crippen molar-refractivity contribution in [2.45, 2.75) is 25.7 Å². The molecule has 116 valence electrons. The normalized spacial score (nSPS) is 21.0. The van der Waals surface area contributed by atoms with Crippen molar-refractivity contribution in [2.24, 2.45) is 0 Å². The molecule has 0 nitrogen and oxygen atoms in total. The second-order valence-electron chi connectivity index (χ2n) is 7.01. The van der Waals surface area contributed by atoms with Crippen LogP contribution in [0.15, 0.2) is 95.1 Å². The van der Waals surface area contributed by atoms with Crippen LogP contribution in [0.5, 0.6) is 0 Å². The van der Waals surface area contributed by atoms with Crippen LogP contribution in [0.3, 0.4) is 0 Å². The molecule has 0 heteroatoms. The van der Waals surface area contributed by atoms with Crippen molar-refractivity contribution in [1.82, 2.24) is 0 Å². The van der Waals surface area contributed by atoms with Crippen LogP contribution in [0, 0.1) is 0 Å². The highest BCUT2D eigenvalue weighted by atomic mass is 14.2. The topological polar surface area (TPSA) is 0 Å². The second-order valence-corrected chi connectivity index (χ2v) is 7.01. The maximum Gasteiger partial charge on any atom is -0.00201 e. The van der Waals surface area contributed by atoms with Gasteiger partial charge in [0, 0.05) is 0 Å². The van der Waals surface area contributed by atoms with Crippen LogP contribution in [0.2, 0.25) is 0 Å². The molecule has 0 atom stereocenters. The molecular formula is C24H20. The van der Waals surface area contributed by atoms with Crippen molar-refractivity contribution < 1.29 is 0 Å². The Labute approximate surface area is 143 Å². The smallest absolute Gasteiger partial charge is 0.00201 e. The van der Waals surface area contributed by atoms with Gasteiger partial charge in [-0.1, -0.05) is 72.8 Å². The maximum atomic E-state index is 2.37. The van der Waals surface area contributed by atoms with Crippen LogP contribution < -0.4 is 0 Å². The molecule has 0 saturated heterocycles. The minimum Gasteiger partial charge on any atom is -0.0620 e. The largest absolute Gasteiger partial charge is 0.0620 e. The fourth-order valence-electron chi connectivity index (χ4n) is 4.15. The summed E-state index contributed by atoms with van der Waals surface area (Å²) in [5, 5.41) is 0. The number of allylic oxidation sites excluding steroid dienone is 8. The van der Waals surface area contributed by atoms with Gasteiger partial charge in [-0.3, -0.25) is 0 Å². The third-order valence-electron chi connectivity index (χ3n) is 5.56. The average molecular weight is 308 g/mol. The van der Waals surface area contributed by atoms with E-state index in [4.69, 9.17) is 0 Å². The summed E-state index contributed by atoms with van der Waals surface area (Å²) < 4.78 is 0. The number of fused-ring (bicyclic) bond motifs is 2. The van der Waals surface area contributed by atoms with E-state index in [1.165, 1.54) is 44.5 Å². The van der Waals surface area contributed by atoms with E-state index in [9.17, 15) is 0 Å². The van der Waals surface area contributed by atoms with Gasteiger partial charge in [0.1, 0.15) is 0 Å². The van der Waals surface area contributed by atoms with E-state index in [-0.39, 0.29) is 0 Å². The first-order valence-corrected chi connectivity index (χ1v) is 8.80. The molecule has 2 aromatic rings. The SMILES string of the molecule is C1=C\C2=C(/C=C\C3=C/1Cc1ccccc1C3)Cc1ccccc1C2. The molecule has 0 fully saturated rings. The first-order chi connectivity index (χ1) is 11.9. The Morgan fingerprint density at radius 1 is 0.375 bits per heavy atom. The van der Waals surface area contributed by atoms with Gasteiger partial charge < -0.3 is 0 Å². The first kappa shape index (κ1) is 13.8. The van der Waals surface area contributed by atoms with Crippen molar-refractivity contribution in [1.29, 1.82) is 0 Å². The van der Waals surface area contributed by atoms with E-state index < -0.39 is 0 Å². The molecule has 0 amide bonds. The third kappa shape index (κ3) is 2.30. The zero-order valence-electron chi connectivity index (χ0n) is 13.8. The summed E-state index contributed by atoms with van der Waals surface area (Å²) in [6.07, 6.45) is 13.7. The van der Waals surface area contributed by atoms with E-state index in [0.29, 0.717) is 0 Å². The lowest BCUT2D eigenvalue weighted by Gasteiger charge is -2.24. The molecule has 5 rings (SSSR count). The van der Waals surface area contributed by atoms with Crippen LogP contribution in [0.25, 0.3) is 0 Å². The molecule has 0 N–H and O–H groups in total. The van der Waals surface area contributed by atoms with Crippen LogP contribution in [0.4, 0.5) is 0 Å². The summed E-state index contributed by atoms with van der Waals surface area (Å²) in [5.74, 6) is 0. The Balaban J connectivity index is 1.51. The molecule has 0 heterocycles. The first-order valence-electron chi connectivity index (χ1n) is 8.80. The lowest BCUT2D eigenvalue weighted by molar-refractivity contribution is 0.979. The maximum absolute atomic E-state index is 2.37. The lowest BCUT2D eigenvalue weighted by Crippen LogP contribution is -2.10. The fraction of sp³-hybridized carbons (Fsp3) is 0.167. The van der Waals surface area contributed by atoms with Gasteiger partial charge in [0.15, 0.2) is 0 Å². The monoisotopic (exact) mass is 308 g/mol. The third-order valence-corrected chi connectivity index (χ3v) is 5.56. The number of hydrogen-bond acceptors (Lipinski definition) is 0. The van der Waals surface area contributed by atoms with Gasteiger partial charge in [-0.25, -0.2) is 0 Å². The van der Waals surface area contributed by atoms with Crippen LogP contribution >= 0.6 is 0 Å². The van der Waals surface area contributed by atoms with E-state index in [2.05, 4.69) is 72.8 Å². The Morgan fingerprint density at radius 2 is 0.625 bits per heavy atom. The molecule has 0 spiro atoms. The predicted octanol–water partition coefficient (Wildman–Crippen LogP) is 5.30. The summed E-state index contributed by atoms with van der Waals surface area (Å²) in [6, 6.07) is 17.7. The van der Waals surface area contributed by atoms with Crippen LogP contribution in [0.1, 0.15) is 22.3 Å². The van der Waals surface area contributed by atoms with E-state index in [0.717, 1.165) is 25.7 Å². The molecular weight excluding hydrogens is 288 g/mol. The standard InChI is InChI=1S/C24H20/c1-2-6-18-14-22-11-12-24-16-20-8-4-3-7-19(20)15-23(24)10-9-21(22)13-17(18)5-1/h1-12H,13-16H2/b10-9-,12-11-,21-9?,22-11?,23-10?,24-12?. The highest BCUT2D eigenvalue weighted by molar-refractivity contribution is 5.55. The second kappa shape index (κ2) is 5.49. The molecule has 0 bridgehead atoms. The van der Waals surface area contributed by atoms with Crippen molar-refractivity contribution in [2.75, 3.05) is 0 Å². The number of hydrogen-bond donors (Lipinski definition) is 0. The molecule has 0 aliphatic heterocycles. The van der Waals surface area contributed by atoms with Gasteiger partial charge in [-0.15, -0.1) is 0 Å². The summed E-state index contributed by atoms with van der Waals surface area (Å²) in [7, 11) is 0. The van der Waals surface area contributed by atoms with Crippen LogP contribution in [-0.4, -0.2) is 0 Å². The summed E-state index contributed by atoms with van der Waals surface area (Å²) in [4.78, 5) is 0.